The maximum absolute atomic E-state index is 11.3. The number of ether oxygens (including phenoxy) is 1. The van der Waals surface area contributed by atoms with Gasteiger partial charge in [-0.25, -0.2) is 4.68 Å². The Morgan fingerprint density at radius 1 is 1.41 bits per heavy atom. The van der Waals surface area contributed by atoms with Crippen LogP contribution in [0.15, 0.2) is 22.8 Å². The van der Waals surface area contributed by atoms with Crippen LogP contribution in [0.5, 0.6) is 0 Å². The predicted octanol–water partition coefficient (Wildman–Crippen LogP) is -1.75. The smallest absolute Gasteiger partial charge is 0.288 e. The van der Waals surface area contributed by atoms with Gasteiger partial charge in [0, 0.05) is 0 Å². The Hall–Kier alpha value is -2.27. The lowest BCUT2D eigenvalue weighted by atomic mass is 10.1. The number of carbonyl (C=O) groups is 1. The van der Waals surface area contributed by atoms with E-state index in [9.17, 15) is 15.0 Å². The second-order valence-corrected chi connectivity index (χ2v) is 4.77. The number of aromatic nitrogens is 3. The molecule has 1 fully saturated rings. The maximum atomic E-state index is 11.3. The number of hydrogen-bond donors (Lipinski definition) is 4. The average molecular weight is 310 g/mol. The van der Waals surface area contributed by atoms with Crippen LogP contribution in [0, 0.1) is 0 Å². The molecule has 10 nitrogen and oxygen atoms in total. The zero-order valence-corrected chi connectivity index (χ0v) is 11.2. The van der Waals surface area contributed by atoms with Crippen molar-refractivity contribution in [1.29, 1.82) is 0 Å². The molecule has 1 amide bonds. The Morgan fingerprint density at radius 2 is 2.18 bits per heavy atom. The van der Waals surface area contributed by atoms with Crippen molar-refractivity contribution in [2.24, 2.45) is 5.73 Å². The van der Waals surface area contributed by atoms with E-state index >= 15 is 0 Å². The van der Waals surface area contributed by atoms with Crippen molar-refractivity contribution in [1.82, 2.24) is 14.8 Å². The topological polar surface area (TPSA) is 157 Å². The van der Waals surface area contributed by atoms with Gasteiger partial charge in [0.15, 0.2) is 17.8 Å². The fraction of sp³-hybridized carbons (Fsp3) is 0.417. The van der Waals surface area contributed by atoms with E-state index in [1.807, 2.05) is 0 Å². The maximum Gasteiger partial charge on any atom is 0.288 e. The van der Waals surface area contributed by atoms with Crippen molar-refractivity contribution in [2.45, 2.75) is 24.5 Å². The molecule has 5 N–H and O–H groups in total. The summed E-state index contributed by atoms with van der Waals surface area (Å²) in [4.78, 5) is 15.2. The number of nitrogens with zero attached hydrogens (tertiary/aromatic N) is 3. The summed E-state index contributed by atoms with van der Waals surface area (Å²) in [5.41, 5.74) is 5.16. The Balaban J connectivity index is 2.04. The molecule has 3 heterocycles. The van der Waals surface area contributed by atoms with Gasteiger partial charge in [-0.15, -0.1) is 5.10 Å². The second-order valence-electron chi connectivity index (χ2n) is 4.77. The van der Waals surface area contributed by atoms with Crippen LogP contribution < -0.4 is 5.73 Å². The van der Waals surface area contributed by atoms with Gasteiger partial charge in [-0.2, -0.15) is 4.98 Å². The van der Waals surface area contributed by atoms with Crippen molar-refractivity contribution < 1.29 is 29.3 Å². The molecule has 10 heteroatoms. The van der Waals surface area contributed by atoms with Gasteiger partial charge in [0.25, 0.3) is 5.91 Å². The van der Waals surface area contributed by atoms with E-state index < -0.39 is 37.1 Å². The van der Waals surface area contributed by atoms with Gasteiger partial charge in [-0.05, 0) is 12.1 Å². The Kier molecular flexibility index (Phi) is 3.66. The molecule has 0 saturated carbocycles. The fourth-order valence-corrected chi connectivity index (χ4v) is 2.26. The molecule has 22 heavy (non-hydrogen) atoms. The first-order valence-electron chi connectivity index (χ1n) is 6.45. The average Bonchev–Trinajstić information content (AvgIpc) is 3.19. The largest absolute Gasteiger partial charge is 0.461 e. The Bertz CT molecular complexity index is 669. The standard InChI is InChI=1S/C12H14N4O6/c13-9(20)10-14-11(5-2-1-3-21-5)16(15-10)12-8(19)7(18)6(4-17)22-12/h1-3,6-8,12,17-19H,4H2,(H2,13,20)/t6-,7-,8-,12-/m1/s1. The Morgan fingerprint density at radius 3 is 2.73 bits per heavy atom. The van der Waals surface area contributed by atoms with Crippen LogP contribution in [0.4, 0.5) is 0 Å². The highest BCUT2D eigenvalue weighted by Crippen LogP contribution is 2.32. The summed E-state index contributed by atoms with van der Waals surface area (Å²) < 4.78 is 11.7. The summed E-state index contributed by atoms with van der Waals surface area (Å²) in [6.07, 6.45) is -3.40. The molecule has 118 valence electrons. The molecular formula is C12H14N4O6. The molecule has 1 aliphatic rings. The van der Waals surface area contributed by atoms with E-state index in [-0.39, 0.29) is 17.4 Å². The monoisotopic (exact) mass is 310 g/mol. The number of primary amides is 1. The van der Waals surface area contributed by atoms with Gasteiger partial charge in [0.1, 0.15) is 18.3 Å². The highest BCUT2D eigenvalue weighted by Gasteiger charge is 2.45. The fourth-order valence-electron chi connectivity index (χ4n) is 2.26. The van der Waals surface area contributed by atoms with E-state index in [1.165, 1.54) is 6.26 Å². The van der Waals surface area contributed by atoms with Crippen molar-refractivity contribution >= 4 is 5.91 Å². The van der Waals surface area contributed by atoms with Gasteiger partial charge >= 0.3 is 0 Å². The summed E-state index contributed by atoms with van der Waals surface area (Å²) >= 11 is 0. The van der Waals surface area contributed by atoms with Gasteiger partial charge in [0.2, 0.25) is 5.82 Å². The highest BCUT2D eigenvalue weighted by atomic mass is 16.6. The Labute approximate surface area is 123 Å². The third kappa shape index (κ3) is 2.27. The van der Waals surface area contributed by atoms with Crippen LogP contribution in [0.3, 0.4) is 0 Å². The SMILES string of the molecule is NC(=O)c1nc(-c2ccco2)n([C@@H]2O[C@H](CO)[C@@H](O)[C@H]2O)n1. The predicted molar refractivity (Wildman–Crippen MR) is 69.3 cm³/mol. The molecule has 0 aliphatic carbocycles. The van der Waals surface area contributed by atoms with Crippen molar-refractivity contribution in [2.75, 3.05) is 6.61 Å². The van der Waals surface area contributed by atoms with E-state index in [4.69, 9.17) is 20.0 Å². The number of nitrogens with two attached hydrogens (primary N) is 1. The third-order valence-electron chi connectivity index (χ3n) is 3.35. The van der Waals surface area contributed by atoms with Gasteiger partial charge in [0.05, 0.1) is 12.9 Å². The van der Waals surface area contributed by atoms with Crippen LogP contribution in [-0.4, -0.2) is 60.9 Å². The molecule has 0 spiro atoms. The molecule has 1 aliphatic heterocycles. The normalized spacial score (nSPS) is 28.1. The van der Waals surface area contributed by atoms with Crippen molar-refractivity contribution in [3.8, 4) is 11.6 Å². The van der Waals surface area contributed by atoms with E-state index in [0.29, 0.717) is 0 Å². The minimum atomic E-state index is -1.37. The number of rotatable bonds is 4. The number of aliphatic hydroxyl groups is 3. The minimum Gasteiger partial charge on any atom is -0.461 e. The molecule has 0 aromatic carbocycles. The molecule has 1 saturated heterocycles. The summed E-state index contributed by atoms with van der Waals surface area (Å²) in [5.74, 6) is -0.770. The van der Waals surface area contributed by atoms with Crippen LogP contribution in [0.1, 0.15) is 16.8 Å². The molecule has 3 rings (SSSR count). The van der Waals surface area contributed by atoms with Crippen LogP contribution in [0.25, 0.3) is 11.6 Å². The van der Waals surface area contributed by atoms with E-state index in [2.05, 4.69) is 10.1 Å². The molecule has 2 aromatic heterocycles. The lowest BCUT2D eigenvalue weighted by Gasteiger charge is -2.16. The lowest BCUT2D eigenvalue weighted by Crippen LogP contribution is -2.33. The summed E-state index contributed by atoms with van der Waals surface area (Å²) in [6, 6.07) is 3.18. The number of aliphatic hydroxyl groups excluding tert-OH is 3. The molecule has 4 atom stereocenters. The van der Waals surface area contributed by atoms with E-state index in [0.717, 1.165) is 4.68 Å². The van der Waals surface area contributed by atoms with Crippen LogP contribution in [0.2, 0.25) is 0 Å². The molecule has 0 radical (unpaired) electrons. The number of carbonyl (C=O) groups excluding carboxylic acids is 1. The van der Waals surface area contributed by atoms with Gasteiger partial charge in [-0.3, -0.25) is 4.79 Å². The number of amides is 1. The van der Waals surface area contributed by atoms with Gasteiger partial charge in [-0.1, -0.05) is 0 Å². The van der Waals surface area contributed by atoms with Crippen molar-refractivity contribution in [3.05, 3.63) is 24.2 Å². The third-order valence-corrected chi connectivity index (χ3v) is 3.35. The first-order valence-corrected chi connectivity index (χ1v) is 6.45. The van der Waals surface area contributed by atoms with Crippen molar-refractivity contribution in [3.63, 3.8) is 0 Å². The zero-order chi connectivity index (χ0) is 15.9. The van der Waals surface area contributed by atoms with Gasteiger partial charge < -0.3 is 30.2 Å². The van der Waals surface area contributed by atoms with Crippen LogP contribution >= 0.6 is 0 Å². The molecule has 0 unspecified atom stereocenters. The van der Waals surface area contributed by atoms with E-state index in [1.54, 1.807) is 12.1 Å². The quantitative estimate of drug-likeness (QED) is 0.517. The first-order chi connectivity index (χ1) is 10.5. The van der Waals surface area contributed by atoms with Crippen LogP contribution in [-0.2, 0) is 4.74 Å². The molecule has 2 aromatic rings. The molecular weight excluding hydrogens is 296 g/mol. The highest BCUT2D eigenvalue weighted by molar-refractivity contribution is 5.89. The number of furan rings is 1. The second kappa shape index (κ2) is 5.50. The lowest BCUT2D eigenvalue weighted by molar-refractivity contribution is -0.0580. The first kappa shape index (κ1) is 14.7. The summed E-state index contributed by atoms with van der Waals surface area (Å²) in [5, 5.41) is 32.9. The minimum absolute atomic E-state index is 0.105. The number of hydrogen-bond acceptors (Lipinski definition) is 8. The summed E-state index contributed by atoms with van der Waals surface area (Å²) in [7, 11) is 0. The summed E-state index contributed by atoms with van der Waals surface area (Å²) in [6.45, 7) is -0.484. The zero-order valence-electron chi connectivity index (χ0n) is 11.2. The molecule has 0 bridgehead atoms.